The minimum atomic E-state index is -0.105. The molecule has 3 aromatic heterocycles. The molecule has 7 heteroatoms. The van der Waals surface area contributed by atoms with E-state index in [1.54, 1.807) is 24.0 Å². The molecule has 3 aromatic rings. The summed E-state index contributed by atoms with van der Waals surface area (Å²) in [7, 11) is 1.80. The quantitative estimate of drug-likeness (QED) is 0.769. The molecule has 0 saturated carbocycles. The molecule has 0 unspecified atom stereocenters. The fraction of sp³-hybridized carbons (Fsp3) is 0.167. The van der Waals surface area contributed by atoms with Gasteiger partial charge in [0.1, 0.15) is 10.7 Å². The smallest absolute Gasteiger partial charge is 0.260 e. The lowest BCUT2D eigenvalue weighted by Crippen LogP contribution is -2.09. The van der Waals surface area contributed by atoms with E-state index in [1.165, 1.54) is 11.3 Å². The van der Waals surface area contributed by atoms with Crippen molar-refractivity contribution in [1.29, 1.82) is 0 Å². The van der Waals surface area contributed by atoms with Gasteiger partial charge in [-0.3, -0.25) is 4.79 Å². The molecule has 0 saturated heterocycles. The van der Waals surface area contributed by atoms with E-state index < -0.39 is 0 Å². The molecule has 0 fully saturated rings. The monoisotopic (exact) mass is 273 g/mol. The van der Waals surface area contributed by atoms with Gasteiger partial charge in [-0.25, -0.2) is 9.67 Å². The van der Waals surface area contributed by atoms with Gasteiger partial charge in [-0.2, -0.15) is 0 Å². The number of thiophene rings is 1. The molecule has 0 aliphatic carbocycles. The van der Waals surface area contributed by atoms with Crippen molar-refractivity contribution in [2.45, 2.75) is 6.92 Å². The standard InChI is InChI=1S/C12H11N5OS/c1-7-6-19-12-10(7)11(18)14-9(15-12)4-3-8-5-13-16-17(8)2/h3-6H,1-2H3,(H,14,15,18)/b4-3+. The zero-order chi connectivity index (χ0) is 13.4. The largest absolute Gasteiger partial charge is 0.306 e. The molecule has 0 aromatic carbocycles. The van der Waals surface area contributed by atoms with Crippen LogP contribution in [0, 0.1) is 6.92 Å². The van der Waals surface area contributed by atoms with E-state index in [9.17, 15) is 4.79 Å². The van der Waals surface area contributed by atoms with E-state index in [0.717, 1.165) is 16.1 Å². The second kappa shape index (κ2) is 4.43. The number of nitrogens with zero attached hydrogens (tertiary/aromatic N) is 4. The van der Waals surface area contributed by atoms with Crippen molar-refractivity contribution in [3.05, 3.63) is 39.0 Å². The Morgan fingerprint density at radius 3 is 3.00 bits per heavy atom. The number of aryl methyl sites for hydroxylation is 2. The zero-order valence-corrected chi connectivity index (χ0v) is 11.2. The minimum absolute atomic E-state index is 0.105. The van der Waals surface area contributed by atoms with Crippen molar-refractivity contribution in [3.63, 3.8) is 0 Å². The van der Waals surface area contributed by atoms with Crippen LogP contribution in [0.4, 0.5) is 0 Å². The molecule has 0 bridgehead atoms. The molecule has 0 aliphatic rings. The number of H-pyrrole nitrogens is 1. The molecule has 0 amide bonds. The predicted octanol–water partition coefficient (Wildman–Crippen LogP) is 1.59. The van der Waals surface area contributed by atoms with Crippen LogP contribution < -0.4 is 5.56 Å². The van der Waals surface area contributed by atoms with E-state index in [4.69, 9.17) is 0 Å². The fourth-order valence-electron chi connectivity index (χ4n) is 1.80. The maximum absolute atomic E-state index is 12.0. The van der Waals surface area contributed by atoms with Crippen LogP contribution in [0.15, 0.2) is 16.4 Å². The van der Waals surface area contributed by atoms with Gasteiger partial charge in [0.2, 0.25) is 0 Å². The third kappa shape index (κ3) is 2.08. The number of aromatic nitrogens is 5. The van der Waals surface area contributed by atoms with Crippen LogP contribution in [-0.2, 0) is 7.05 Å². The highest BCUT2D eigenvalue weighted by Gasteiger charge is 2.07. The van der Waals surface area contributed by atoms with Crippen LogP contribution in [0.25, 0.3) is 22.4 Å². The Balaban J connectivity index is 2.05. The Hall–Kier alpha value is -2.28. The van der Waals surface area contributed by atoms with Gasteiger partial charge in [0, 0.05) is 7.05 Å². The average molecular weight is 273 g/mol. The first-order chi connectivity index (χ1) is 9.15. The Morgan fingerprint density at radius 2 is 2.26 bits per heavy atom. The number of fused-ring (bicyclic) bond motifs is 1. The summed E-state index contributed by atoms with van der Waals surface area (Å²) in [5.74, 6) is 0.528. The van der Waals surface area contributed by atoms with Gasteiger partial charge in [0.25, 0.3) is 5.56 Å². The highest BCUT2D eigenvalue weighted by atomic mass is 32.1. The first-order valence-corrected chi connectivity index (χ1v) is 6.54. The summed E-state index contributed by atoms with van der Waals surface area (Å²) in [6.45, 7) is 1.91. The van der Waals surface area contributed by atoms with Gasteiger partial charge < -0.3 is 4.98 Å². The van der Waals surface area contributed by atoms with Crippen molar-refractivity contribution < 1.29 is 0 Å². The van der Waals surface area contributed by atoms with E-state index in [0.29, 0.717) is 11.2 Å². The Labute approximate surface area is 112 Å². The number of nitrogens with one attached hydrogen (secondary N) is 1. The summed E-state index contributed by atoms with van der Waals surface area (Å²) in [4.78, 5) is 19.9. The molecule has 0 atom stereocenters. The van der Waals surface area contributed by atoms with Crippen molar-refractivity contribution in [2.24, 2.45) is 7.05 Å². The molecule has 3 heterocycles. The maximum atomic E-state index is 12.0. The Bertz CT molecular complexity index is 826. The third-order valence-electron chi connectivity index (χ3n) is 2.81. The highest BCUT2D eigenvalue weighted by molar-refractivity contribution is 7.16. The first kappa shape index (κ1) is 11.8. The molecule has 1 N–H and O–H groups in total. The molecule has 6 nitrogen and oxygen atoms in total. The summed E-state index contributed by atoms with van der Waals surface area (Å²) in [6.07, 6.45) is 5.20. The van der Waals surface area contributed by atoms with Gasteiger partial charge in [-0.05, 0) is 30.0 Å². The van der Waals surface area contributed by atoms with E-state index >= 15 is 0 Å². The van der Waals surface area contributed by atoms with Crippen LogP contribution in [0.2, 0.25) is 0 Å². The van der Waals surface area contributed by atoms with Crippen molar-refractivity contribution in [2.75, 3.05) is 0 Å². The SMILES string of the molecule is Cc1csc2nc(/C=C/c3cnnn3C)[nH]c(=O)c12. The minimum Gasteiger partial charge on any atom is -0.306 e. The number of rotatable bonds is 2. The van der Waals surface area contributed by atoms with E-state index in [1.807, 2.05) is 18.4 Å². The summed E-state index contributed by atoms with van der Waals surface area (Å²) >= 11 is 1.47. The number of hydrogen-bond acceptors (Lipinski definition) is 5. The lowest BCUT2D eigenvalue weighted by Gasteiger charge is -1.95. The first-order valence-electron chi connectivity index (χ1n) is 5.66. The second-order valence-electron chi connectivity index (χ2n) is 4.17. The molecule has 3 rings (SSSR count). The number of aromatic amines is 1. The summed E-state index contributed by atoms with van der Waals surface area (Å²) < 4.78 is 1.64. The van der Waals surface area contributed by atoms with Gasteiger partial charge in [0.05, 0.1) is 17.3 Å². The lowest BCUT2D eigenvalue weighted by atomic mass is 10.3. The fourth-order valence-corrected chi connectivity index (χ4v) is 2.73. The van der Waals surface area contributed by atoms with Crippen LogP contribution in [0.5, 0.6) is 0 Å². The van der Waals surface area contributed by atoms with Crippen LogP contribution in [0.1, 0.15) is 17.1 Å². The zero-order valence-electron chi connectivity index (χ0n) is 10.4. The van der Waals surface area contributed by atoms with Crippen molar-refractivity contribution in [1.82, 2.24) is 25.0 Å². The normalized spacial score (nSPS) is 11.7. The highest BCUT2D eigenvalue weighted by Crippen LogP contribution is 2.19. The topological polar surface area (TPSA) is 76.5 Å². The third-order valence-corrected chi connectivity index (χ3v) is 3.80. The Kier molecular flexibility index (Phi) is 2.75. The molecular formula is C12H11N5OS. The maximum Gasteiger partial charge on any atom is 0.260 e. The predicted molar refractivity (Wildman–Crippen MR) is 74.9 cm³/mol. The summed E-state index contributed by atoms with van der Waals surface area (Å²) in [5.41, 5.74) is 1.69. The van der Waals surface area contributed by atoms with Gasteiger partial charge in [-0.1, -0.05) is 5.21 Å². The van der Waals surface area contributed by atoms with Crippen molar-refractivity contribution >= 4 is 33.7 Å². The summed E-state index contributed by atoms with van der Waals surface area (Å²) in [6, 6.07) is 0. The molecule has 96 valence electrons. The molecule has 0 radical (unpaired) electrons. The second-order valence-corrected chi connectivity index (χ2v) is 5.02. The Morgan fingerprint density at radius 1 is 1.42 bits per heavy atom. The molecular weight excluding hydrogens is 262 g/mol. The average Bonchev–Trinajstić information content (AvgIpc) is 2.94. The summed E-state index contributed by atoms with van der Waals surface area (Å²) in [5, 5.41) is 10.2. The molecule has 19 heavy (non-hydrogen) atoms. The van der Waals surface area contributed by atoms with Gasteiger partial charge in [0.15, 0.2) is 0 Å². The van der Waals surface area contributed by atoms with Crippen LogP contribution in [0.3, 0.4) is 0 Å². The van der Waals surface area contributed by atoms with Gasteiger partial charge >= 0.3 is 0 Å². The molecule has 0 aliphatic heterocycles. The van der Waals surface area contributed by atoms with Gasteiger partial charge in [-0.15, -0.1) is 16.4 Å². The molecule has 0 spiro atoms. The van der Waals surface area contributed by atoms with Crippen LogP contribution >= 0.6 is 11.3 Å². The van der Waals surface area contributed by atoms with E-state index in [2.05, 4.69) is 20.3 Å². The van der Waals surface area contributed by atoms with E-state index in [-0.39, 0.29) is 5.56 Å². The lowest BCUT2D eigenvalue weighted by molar-refractivity contribution is 0.709. The van der Waals surface area contributed by atoms with Crippen molar-refractivity contribution in [3.8, 4) is 0 Å². The van der Waals surface area contributed by atoms with Crippen LogP contribution in [-0.4, -0.2) is 25.0 Å². The number of hydrogen-bond donors (Lipinski definition) is 1.